The van der Waals surface area contributed by atoms with Crippen molar-refractivity contribution in [3.8, 4) is 0 Å². The third-order valence-corrected chi connectivity index (χ3v) is 1.63. The molecule has 0 amide bonds. The molecule has 0 fully saturated rings. The Labute approximate surface area is 58.8 Å². The molecule has 2 nitrogen and oxygen atoms in total. The number of fused-ring (bicyclic) bond motifs is 1. The first-order valence-corrected chi connectivity index (χ1v) is 3.18. The van der Waals surface area contributed by atoms with Gasteiger partial charge in [0.25, 0.3) is 0 Å². The van der Waals surface area contributed by atoms with E-state index in [1.165, 1.54) is 5.52 Å². The highest BCUT2D eigenvalue weighted by Crippen LogP contribution is 2.12. The Hall–Kier alpha value is -1.44. The molecule has 2 heteroatoms. The molecule has 1 N–H and O–H groups in total. The summed E-state index contributed by atoms with van der Waals surface area (Å²) in [5.41, 5.74) is 2.33. The summed E-state index contributed by atoms with van der Waals surface area (Å²) < 4.78 is 1.98. The zero-order chi connectivity index (χ0) is 6.97. The van der Waals surface area contributed by atoms with Gasteiger partial charge in [0.15, 0.2) is 0 Å². The first-order chi connectivity index (χ1) is 4.92. The molecular weight excluding hydrogens is 124 g/mol. The van der Waals surface area contributed by atoms with Crippen LogP contribution in [0.1, 0.15) is 0 Å². The number of hydrogen-bond acceptors (Lipinski definition) is 0. The van der Waals surface area contributed by atoms with Crippen LogP contribution in [0.3, 0.4) is 0 Å². The molecule has 2 aromatic rings. The Balaban J connectivity index is 2.88. The zero-order valence-electron chi connectivity index (χ0n) is 5.54. The lowest BCUT2D eigenvalue weighted by molar-refractivity contribution is 1.23. The van der Waals surface area contributed by atoms with Gasteiger partial charge in [-0.05, 0) is 12.1 Å². The van der Waals surface area contributed by atoms with Crippen molar-refractivity contribution in [1.82, 2.24) is 9.55 Å². The molecule has 2 aromatic heterocycles. The molecule has 0 unspecified atom stereocenters. The number of nitrogens with zero attached hydrogens (tertiary/aromatic N) is 1. The van der Waals surface area contributed by atoms with Crippen LogP contribution >= 0.6 is 0 Å². The smallest absolute Gasteiger partial charge is 0.0701 e. The molecule has 0 aliphatic rings. The van der Waals surface area contributed by atoms with Crippen LogP contribution in [0, 0.1) is 0 Å². The average molecular weight is 132 g/mol. The number of aromatic nitrogens is 2. The Morgan fingerprint density at radius 2 is 2.40 bits per heavy atom. The number of nitrogens with one attached hydrogen (secondary N) is 1. The summed E-state index contributed by atoms with van der Waals surface area (Å²) in [4.78, 5) is 3.11. The van der Waals surface area contributed by atoms with E-state index in [9.17, 15) is 0 Å². The fraction of sp³-hybridized carbons (Fsp3) is 0. The van der Waals surface area contributed by atoms with Crippen molar-refractivity contribution in [3.63, 3.8) is 0 Å². The van der Waals surface area contributed by atoms with Crippen molar-refractivity contribution >= 4 is 17.2 Å². The van der Waals surface area contributed by atoms with Gasteiger partial charge in [0.2, 0.25) is 0 Å². The summed E-state index contributed by atoms with van der Waals surface area (Å²) >= 11 is 0. The fourth-order valence-corrected chi connectivity index (χ4v) is 1.13. The summed E-state index contributed by atoms with van der Waals surface area (Å²) in [6.07, 6.45) is 5.69. The van der Waals surface area contributed by atoms with Crippen molar-refractivity contribution in [2.75, 3.05) is 0 Å². The minimum Gasteiger partial charge on any atom is -0.360 e. The standard InChI is InChI=1S/C8H8N2/c1-2-10-6-4-7-8(10)3-5-9-7/h2-6,9H,1H2. The highest BCUT2D eigenvalue weighted by atomic mass is 14.9. The molecule has 0 bridgehead atoms. The topological polar surface area (TPSA) is 20.7 Å². The second-order valence-electron chi connectivity index (χ2n) is 2.18. The van der Waals surface area contributed by atoms with Gasteiger partial charge in [0.05, 0.1) is 11.0 Å². The highest BCUT2D eigenvalue weighted by molar-refractivity contribution is 5.78. The van der Waals surface area contributed by atoms with E-state index in [2.05, 4.69) is 11.6 Å². The van der Waals surface area contributed by atoms with Gasteiger partial charge in [-0.3, -0.25) is 0 Å². The second kappa shape index (κ2) is 1.77. The maximum atomic E-state index is 3.68. The quantitative estimate of drug-likeness (QED) is 0.613. The van der Waals surface area contributed by atoms with Crippen LogP contribution in [0.4, 0.5) is 0 Å². The van der Waals surface area contributed by atoms with Crippen LogP contribution in [0.2, 0.25) is 0 Å². The van der Waals surface area contributed by atoms with Gasteiger partial charge in [-0.25, -0.2) is 0 Å². The van der Waals surface area contributed by atoms with Crippen LogP contribution < -0.4 is 0 Å². The Bertz CT molecular complexity index is 354. The Kier molecular flexibility index (Phi) is 0.947. The predicted octanol–water partition coefficient (Wildman–Crippen LogP) is 2.07. The summed E-state index contributed by atoms with van der Waals surface area (Å²) in [7, 11) is 0. The van der Waals surface area contributed by atoms with Crippen molar-refractivity contribution in [2.45, 2.75) is 0 Å². The van der Waals surface area contributed by atoms with Gasteiger partial charge < -0.3 is 9.55 Å². The molecule has 50 valence electrons. The van der Waals surface area contributed by atoms with Crippen LogP contribution in [-0.2, 0) is 0 Å². The number of aromatic amines is 1. The molecular formula is C8H8N2. The van der Waals surface area contributed by atoms with Crippen molar-refractivity contribution in [1.29, 1.82) is 0 Å². The Morgan fingerprint density at radius 3 is 3.20 bits per heavy atom. The zero-order valence-corrected chi connectivity index (χ0v) is 5.54. The lowest BCUT2D eigenvalue weighted by atomic mass is 10.5. The van der Waals surface area contributed by atoms with Crippen molar-refractivity contribution in [2.24, 2.45) is 0 Å². The minimum atomic E-state index is 1.15. The van der Waals surface area contributed by atoms with Gasteiger partial charge in [-0.1, -0.05) is 6.58 Å². The minimum absolute atomic E-state index is 1.15. The third-order valence-electron chi connectivity index (χ3n) is 1.63. The summed E-state index contributed by atoms with van der Waals surface area (Å²) in [6.45, 7) is 3.68. The van der Waals surface area contributed by atoms with Crippen molar-refractivity contribution in [3.05, 3.63) is 31.1 Å². The molecule has 0 radical (unpaired) electrons. The SMILES string of the molecule is C=Cn1ccc2[nH]ccc21. The van der Waals surface area contributed by atoms with Gasteiger partial charge in [-0.15, -0.1) is 0 Å². The summed E-state index contributed by atoms with van der Waals surface area (Å²) in [5.74, 6) is 0. The fourth-order valence-electron chi connectivity index (χ4n) is 1.13. The van der Waals surface area contributed by atoms with Gasteiger partial charge in [-0.2, -0.15) is 0 Å². The predicted molar refractivity (Wildman–Crippen MR) is 42.7 cm³/mol. The van der Waals surface area contributed by atoms with E-state index in [1.54, 1.807) is 6.20 Å². The van der Waals surface area contributed by atoms with E-state index in [1.807, 2.05) is 29.1 Å². The average Bonchev–Trinajstić information content (AvgIpc) is 2.44. The third kappa shape index (κ3) is 0.530. The maximum Gasteiger partial charge on any atom is 0.0701 e. The molecule has 0 aromatic carbocycles. The van der Waals surface area contributed by atoms with Gasteiger partial charge >= 0.3 is 0 Å². The number of H-pyrrole nitrogens is 1. The summed E-state index contributed by atoms with van der Waals surface area (Å²) in [6, 6.07) is 4.05. The number of rotatable bonds is 1. The molecule has 2 rings (SSSR count). The van der Waals surface area contributed by atoms with E-state index >= 15 is 0 Å². The normalized spacial score (nSPS) is 10.4. The largest absolute Gasteiger partial charge is 0.360 e. The van der Waals surface area contributed by atoms with E-state index in [4.69, 9.17) is 0 Å². The van der Waals surface area contributed by atoms with E-state index in [0.29, 0.717) is 0 Å². The van der Waals surface area contributed by atoms with Gasteiger partial charge in [0, 0.05) is 18.6 Å². The first kappa shape index (κ1) is 5.35. The van der Waals surface area contributed by atoms with E-state index in [0.717, 1.165) is 5.52 Å². The molecule has 0 atom stereocenters. The lowest BCUT2D eigenvalue weighted by Gasteiger charge is -1.88. The summed E-state index contributed by atoms with van der Waals surface area (Å²) in [5, 5.41) is 0. The van der Waals surface area contributed by atoms with Crippen LogP contribution in [0.25, 0.3) is 17.2 Å². The molecule has 10 heavy (non-hydrogen) atoms. The van der Waals surface area contributed by atoms with Crippen LogP contribution in [0.15, 0.2) is 31.1 Å². The van der Waals surface area contributed by atoms with E-state index in [-0.39, 0.29) is 0 Å². The molecule has 0 spiro atoms. The first-order valence-electron chi connectivity index (χ1n) is 3.18. The lowest BCUT2D eigenvalue weighted by Crippen LogP contribution is -1.76. The molecule has 0 aliphatic heterocycles. The van der Waals surface area contributed by atoms with Crippen LogP contribution in [-0.4, -0.2) is 9.55 Å². The molecule has 0 saturated heterocycles. The number of hydrogen-bond donors (Lipinski definition) is 1. The monoisotopic (exact) mass is 132 g/mol. The maximum absolute atomic E-state index is 3.68. The highest BCUT2D eigenvalue weighted by Gasteiger charge is 1.95. The molecule has 0 saturated carbocycles. The van der Waals surface area contributed by atoms with Gasteiger partial charge in [0.1, 0.15) is 0 Å². The second-order valence-corrected chi connectivity index (χ2v) is 2.18. The molecule has 0 aliphatic carbocycles. The molecule has 2 heterocycles. The van der Waals surface area contributed by atoms with E-state index < -0.39 is 0 Å². The van der Waals surface area contributed by atoms with Crippen molar-refractivity contribution < 1.29 is 0 Å². The van der Waals surface area contributed by atoms with Crippen LogP contribution in [0.5, 0.6) is 0 Å². The Morgan fingerprint density at radius 1 is 1.50 bits per heavy atom.